The normalized spacial score (nSPS) is 13.2. The first-order valence-electron chi connectivity index (χ1n) is 13.5. The summed E-state index contributed by atoms with van der Waals surface area (Å²) >= 11 is 0. The summed E-state index contributed by atoms with van der Waals surface area (Å²) in [6.45, 7) is 6.18. The van der Waals surface area contributed by atoms with Crippen LogP contribution in [0.2, 0.25) is 0 Å². The van der Waals surface area contributed by atoms with Crippen LogP contribution in [0.25, 0.3) is 22.0 Å². The first kappa shape index (κ1) is 39.6. The first-order valence-corrected chi connectivity index (χ1v) is 13.5. The minimum absolute atomic E-state index is 1.00. The van der Waals surface area contributed by atoms with E-state index in [0.29, 0.717) is 0 Å². The maximum atomic E-state index is 10.6. The average molecular weight is 712 g/mol. The molecule has 0 saturated carbocycles. The monoisotopic (exact) mass is 711 g/mol. The standard InChI is InChI=1S/C23H23N5.3C2HF3O2/c1-17-2-5-20(6-3-17)27-10-12-28(13-11-27)23-8-9-24-22-7-4-18(14-21(22)23)19-15-25-26-16-19;3*3-2(4,5)1(6)7/h2-9,14-16H,10-13H2,1H3,(H,25,26);3*(H,6,7). The number of anilines is 2. The zero-order valence-corrected chi connectivity index (χ0v) is 24.9. The second kappa shape index (κ2) is 16.5. The summed E-state index contributed by atoms with van der Waals surface area (Å²) in [5.74, 6) is -8.27. The predicted octanol–water partition coefficient (Wildman–Crippen LogP) is 6.16. The summed E-state index contributed by atoms with van der Waals surface area (Å²) in [6.07, 6.45) is -9.54. The van der Waals surface area contributed by atoms with E-state index in [2.05, 4.69) is 80.4 Å². The SMILES string of the molecule is Cc1ccc(N2CCN(c3ccnc4ccc(-c5cn[nH]c5)cc34)CC2)cc1.O=C(O)C(F)(F)F.O=C(O)C(F)(F)F.O=C(O)C(F)(F)F. The minimum atomic E-state index is -5.08. The topological polar surface area (TPSA) is 160 Å². The molecule has 49 heavy (non-hydrogen) atoms. The lowest BCUT2D eigenvalue weighted by molar-refractivity contribution is -0.193. The number of nitrogens with one attached hydrogen (secondary N) is 1. The van der Waals surface area contributed by atoms with Crippen molar-refractivity contribution < 1.29 is 69.2 Å². The molecule has 266 valence electrons. The summed E-state index contributed by atoms with van der Waals surface area (Å²) in [4.78, 5) is 36.2. The Balaban J connectivity index is 0.000000325. The van der Waals surface area contributed by atoms with Crippen molar-refractivity contribution in [3.63, 3.8) is 0 Å². The third kappa shape index (κ3) is 12.5. The molecule has 1 fully saturated rings. The molecule has 4 N–H and O–H groups in total. The largest absolute Gasteiger partial charge is 0.490 e. The predicted molar refractivity (Wildman–Crippen MR) is 156 cm³/mol. The highest BCUT2D eigenvalue weighted by Gasteiger charge is 2.39. The molecule has 0 atom stereocenters. The Labute approximate surface area is 270 Å². The molecular formula is C29H26F9N5O6. The van der Waals surface area contributed by atoms with Crippen molar-refractivity contribution in [1.29, 1.82) is 0 Å². The van der Waals surface area contributed by atoms with Crippen LogP contribution in [0, 0.1) is 6.92 Å². The van der Waals surface area contributed by atoms with Gasteiger partial charge in [-0.3, -0.25) is 10.1 Å². The molecule has 3 heterocycles. The number of alkyl halides is 9. The van der Waals surface area contributed by atoms with Crippen molar-refractivity contribution in [2.24, 2.45) is 0 Å². The van der Waals surface area contributed by atoms with Crippen molar-refractivity contribution in [3.8, 4) is 11.1 Å². The Morgan fingerprint density at radius 2 is 1.16 bits per heavy atom. The van der Waals surface area contributed by atoms with Gasteiger partial charge in [-0.1, -0.05) is 23.8 Å². The van der Waals surface area contributed by atoms with Crippen molar-refractivity contribution in [2.45, 2.75) is 25.5 Å². The summed E-state index contributed by atoms with van der Waals surface area (Å²) < 4.78 is 95.2. The van der Waals surface area contributed by atoms with Gasteiger partial charge in [-0.2, -0.15) is 44.6 Å². The highest BCUT2D eigenvalue weighted by molar-refractivity contribution is 5.94. The van der Waals surface area contributed by atoms with E-state index in [4.69, 9.17) is 29.7 Å². The van der Waals surface area contributed by atoms with Crippen molar-refractivity contribution in [3.05, 3.63) is 72.7 Å². The number of aryl methyl sites for hydroxylation is 1. The third-order valence-corrected chi connectivity index (χ3v) is 6.30. The smallest absolute Gasteiger partial charge is 0.475 e. The molecule has 2 aromatic heterocycles. The zero-order chi connectivity index (χ0) is 37.2. The fourth-order valence-corrected chi connectivity index (χ4v) is 3.96. The molecule has 4 aromatic rings. The molecule has 2 aromatic carbocycles. The Morgan fingerprint density at radius 1 is 0.694 bits per heavy atom. The van der Waals surface area contributed by atoms with Crippen molar-refractivity contribution >= 4 is 40.2 Å². The lowest BCUT2D eigenvalue weighted by atomic mass is 10.0. The van der Waals surface area contributed by atoms with Gasteiger partial charge in [-0.05, 0) is 42.8 Å². The Hall–Kier alpha value is -5.56. The molecule has 11 nitrogen and oxygen atoms in total. The van der Waals surface area contributed by atoms with Crippen LogP contribution in [0.4, 0.5) is 50.9 Å². The number of halogens is 9. The second-order valence-corrected chi connectivity index (χ2v) is 9.77. The first-order chi connectivity index (χ1) is 22.6. The van der Waals surface area contributed by atoms with Crippen LogP contribution in [-0.2, 0) is 14.4 Å². The number of carboxylic acid groups (broad SMARTS) is 3. The van der Waals surface area contributed by atoms with Crippen LogP contribution in [0.15, 0.2) is 67.1 Å². The lowest BCUT2D eigenvalue weighted by Crippen LogP contribution is -2.46. The molecule has 0 amide bonds. The number of hydrogen-bond donors (Lipinski definition) is 4. The number of benzene rings is 2. The van der Waals surface area contributed by atoms with Gasteiger partial charge in [0.05, 0.1) is 11.7 Å². The van der Waals surface area contributed by atoms with Crippen LogP contribution >= 0.6 is 0 Å². The number of pyridine rings is 1. The van der Waals surface area contributed by atoms with E-state index in [1.165, 1.54) is 22.3 Å². The zero-order valence-electron chi connectivity index (χ0n) is 24.9. The molecule has 0 bridgehead atoms. The van der Waals surface area contributed by atoms with Gasteiger partial charge in [0, 0.05) is 60.9 Å². The molecule has 5 rings (SSSR count). The fourth-order valence-electron chi connectivity index (χ4n) is 3.96. The Morgan fingerprint density at radius 3 is 1.59 bits per heavy atom. The van der Waals surface area contributed by atoms with Gasteiger partial charge in [0.1, 0.15) is 0 Å². The number of aromatic amines is 1. The maximum Gasteiger partial charge on any atom is 0.490 e. The van der Waals surface area contributed by atoms with Crippen LogP contribution in [0.5, 0.6) is 0 Å². The molecule has 1 aliphatic heterocycles. The molecule has 0 radical (unpaired) electrons. The fraction of sp³-hybridized carbons (Fsp3) is 0.276. The number of aliphatic carboxylic acids is 3. The van der Waals surface area contributed by atoms with E-state index in [1.54, 1.807) is 0 Å². The number of piperazine rings is 1. The second-order valence-electron chi connectivity index (χ2n) is 9.77. The molecule has 1 aliphatic rings. The number of fused-ring (bicyclic) bond motifs is 1. The van der Waals surface area contributed by atoms with Crippen LogP contribution < -0.4 is 9.80 Å². The van der Waals surface area contributed by atoms with E-state index in [0.717, 1.165) is 42.8 Å². The van der Waals surface area contributed by atoms with Gasteiger partial charge in [-0.25, -0.2) is 14.4 Å². The third-order valence-electron chi connectivity index (χ3n) is 6.30. The average Bonchev–Trinajstić information content (AvgIpc) is 3.56. The lowest BCUT2D eigenvalue weighted by Gasteiger charge is -2.37. The Bertz CT molecular complexity index is 1630. The van der Waals surface area contributed by atoms with Gasteiger partial charge in [0.25, 0.3) is 0 Å². The molecule has 20 heteroatoms. The molecule has 0 unspecified atom stereocenters. The van der Waals surface area contributed by atoms with Crippen LogP contribution in [0.3, 0.4) is 0 Å². The van der Waals surface area contributed by atoms with E-state index in [1.807, 2.05) is 18.6 Å². The van der Waals surface area contributed by atoms with Crippen LogP contribution in [-0.4, -0.2) is 93.1 Å². The highest BCUT2D eigenvalue weighted by Crippen LogP contribution is 2.31. The van der Waals surface area contributed by atoms with Gasteiger partial charge in [-0.15, -0.1) is 0 Å². The molecular weight excluding hydrogens is 685 g/mol. The molecule has 0 aliphatic carbocycles. The molecule has 1 saturated heterocycles. The van der Waals surface area contributed by atoms with E-state index in [-0.39, 0.29) is 0 Å². The van der Waals surface area contributed by atoms with Gasteiger partial charge >= 0.3 is 36.4 Å². The summed E-state index contributed by atoms with van der Waals surface area (Å²) in [5.41, 5.74) is 7.17. The summed E-state index contributed by atoms with van der Waals surface area (Å²) in [6, 6.07) is 17.4. The van der Waals surface area contributed by atoms with E-state index >= 15 is 0 Å². The number of carbonyl (C=O) groups is 3. The van der Waals surface area contributed by atoms with Gasteiger partial charge in [0.15, 0.2) is 0 Å². The maximum absolute atomic E-state index is 10.6. The number of aromatic nitrogens is 3. The van der Waals surface area contributed by atoms with Crippen LogP contribution in [0.1, 0.15) is 5.56 Å². The molecule has 0 spiro atoms. The van der Waals surface area contributed by atoms with Gasteiger partial charge < -0.3 is 25.1 Å². The van der Waals surface area contributed by atoms with Crippen molar-refractivity contribution in [1.82, 2.24) is 15.2 Å². The Kier molecular flexibility index (Phi) is 13.3. The number of hydrogen-bond acceptors (Lipinski definition) is 7. The number of carboxylic acids is 3. The summed E-state index contributed by atoms with van der Waals surface area (Å²) in [7, 11) is 0. The summed E-state index contributed by atoms with van der Waals surface area (Å²) in [5, 5.41) is 29.5. The van der Waals surface area contributed by atoms with Gasteiger partial charge in [0.2, 0.25) is 0 Å². The number of nitrogens with zero attached hydrogens (tertiary/aromatic N) is 4. The number of rotatable bonds is 3. The van der Waals surface area contributed by atoms with Crippen molar-refractivity contribution in [2.75, 3.05) is 36.0 Å². The quantitative estimate of drug-likeness (QED) is 0.181. The van der Waals surface area contributed by atoms with E-state index in [9.17, 15) is 39.5 Å². The number of H-pyrrole nitrogens is 1. The highest BCUT2D eigenvalue weighted by atomic mass is 19.4. The van der Waals surface area contributed by atoms with E-state index < -0.39 is 36.4 Å². The minimum Gasteiger partial charge on any atom is -0.475 e.